The quantitative estimate of drug-likeness (QED) is 0.0261. The first kappa shape index (κ1) is 69.6. The fourth-order valence-electron chi connectivity index (χ4n) is 9.55. The van der Waals surface area contributed by atoms with Gasteiger partial charge in [-0.2, -0.15) is 0 Å². The highest BCUT2D eigenvalue weighted by Gasteiger charge is 2.44. The molecule has 0 radical (unpaired) electrons. The topological polar surface area (TPSA) is 149 Å². The van der Waals surface area contributed by atoms with Crippen molar-refractivity contribution >= 4 is 5.91 Å². The molecule has 0 aromatic rings. The minimum absolute atomic E-state index is 0.190. The van der Waals surface area contributed by atoms with Crippen molar-refractivity contribution in [1.29, 1.82) is 0 Å². The number of nitrogens with one attached hydrogen (secondary N) is 1. The van der Waals surface area contributed by atoms with E-state index in [2.05, 4.69) is 79.9 Å². The van der Waals surface area contributed by atoms with E-state index in [4.69, 9.17) is 9.47 Å². The number of aliphatic hydroxyl groups excluding tert-OH is 5. The van der Waals surface area contributed by atoms with Crippen molar-refractivity contribution in [2.45, 2.75) is 320 Å². The molecule has 9 heteroatoms. The Balaban J connectivity index is 2.19. The van der Waals surface area contributed by atoms with E-state index in [1.165, 1.54) is 199 Å². The molecule has 1 heterocycles. The molecule has 0 saturated carbocycles. The van der Waals surface area contributed by atoms with E-state index < -0.39 is 49.5 Å². The van der Waals surface area contributed by atoms with Gasteiger partial charge in [0, 0.05) is 6.42 Å². The molecule has 7 unspecified atom stereocenters. The van der Waals surface area contributed by atoms with Crippen LogP contribution < -0.4 is 5.32 Å². The second kappa shape index (κ2) is 54.0. The standard InChI is InChI=1S/C65H117NO8/c1-3-5-7-9-11-13-15-17-19-21-23-25-26-27-28-29-30-31-32-33-34-35-37-39-41-43-45-47-49-51-53-55-61(69)66-58(57-73-65-64(72)63(71)62(70)60(56-67)74-65)59(68)54-52-50-48-46-44-42-40-38-36-24-22-20-18-16-14-12-10-8-6-4-2/h15,17,21,23,26-27,36,38,44,46,52,54,58-60,62-65,67-68,70-72H,3-14,16,18-20,22,24-25,28-35,37,39-43,45,47-51,53,55-57H2,1-2H3,(H,66,69)/b17-15-,23-21-,27-26-,38-36+,46-44+,54-52+. The number of ether oxygens (including phenoxy) is 2. The number of amides is 1. The van der Waals surface area contributed by atoms with Crippen molar-refractivity contribution in [2.24, 2.45) is 0 Å². The van der Waals surface area contributed by atoms with E-state index in [1.807, 2.05) is 6.08 Å². The van der Waals surface area contributed by atoms with Crippen LogP contribution in [-0.4, -0.2) is 87.5 Å². The largest absolute Gasteiger partial charge is 0.394 e. The molecule has 0 spiro atoms. The number of hydrogen-bond donors (Lipinski definition) is 6. The Morgan fingerprint density at radius 2 is 0.811 bits per heavy atom. The number of allylic oxidation sites excluding steroid dienone is 11. The Kier molecular flexibility index (Phi) is 50.8. The molecule has 0 aromatic carbocycles. The maximum absolute atomic E-state index is 13.1. The highest BCUT2D eigenvalue weighted by molar-refractivity contribution is 5.76. The van der Waals surface area contributed by atoms with E-state index in [0.717, 1.165) is 57.8 Å². The third-order valence-corrected chi connectivity index (χ3v) is 14.5. The third kappa shape index (κ3) is 42.7. The van der Waals surface area contributed by atoms with Gasteiger partial charge in [-0.25, -0.2) is 0 Å². The normalized spacial score (nSPS) is 19.5. The zero-order chi connectivity index (χ0) is 53.6. The number of unbranched alkanes of at least 4 members (excludes halogenated alkanes) is 33. The highest BCUT2D eigenvalue weighted by atomic mass is 16.7. The van der Waals surface area contributed by atoms with E-state index in [-0.39, 0.29) is 12.5 Å². The van der Waals surface area contributed by atoms with E-state index in [9.17, 15) is 30.3 Å². The van der Waals surface area contributed by atoms with Crippen LogP contribution in [0.5, 0.6) is 0 Å². The number of carbonyl (C=O) groups is 1. The predicted octanol–water partition coefficient (Wildman–Crippen LogP) is 16.0. The van der Waals surface area contributed by atoms with Gasteiger partial charge >= 0.3 is 0 Å². The lowest BCUT2D eigenvalue weighted by Gasteiger charge is -2.40. The fraction of sp³-hybridized carbons (Fsp3) is 0.800. The molecule has 1 aliphatic heterocycles. The van der Waals surface area contributed by atoms with Crippen LogP contribution >= 0.6 is 0 Å². The van der Waals surface area contributed by atoms with Gasteiger partial charge in [0.25, 0.3) is 0 Å². The molecule has 1 fully saturated rings. The summed E-state index contributed by atoms with van der Waals surface area (Å²) in [6.45, 7) is 3.76. The van der Waals surface area contributed by atoms with Crippen LogP contribution in [0.2, 0.25) is 0 Å². The first-order valence-electron chi connectivity index (χ1n) is 31.2. The highest BCUT2D eigenvalue weighted by Crippen LogP contribution is 2.23. The Morgan fingerprint density at radius 1 is 0.459 bits per heavy atom. The monoisotopic (exact) mass is 1040 g/mol. The SMILES string of the molecule is CCCCCCC/C=C\C/C=C\C/C=C\CCCCCCCCCCCCCCCCCCC(=O)NC(COC1OC(CO)C(O)C(O)C1O)C(O)/C=C/CC/C=C/CC/C=C/CCCCCCCCCCCC. The molecule has 1 amide bonds. The lowest BCUT2D eigenvalue weighted by atomic mass is 9.99. The van der Waals surface area contributed by atoms with Gasteiger partial charge in [0.15, 0.2) is 6.29 Å². The number of rotatable bonds is 53. The zero-order valence-electron chi connectivity index (χ0n) is 47.8. The first-order valence-corrected chi connectivity index (χ1v) is 31.2. The van der Waals surface area contributed by atoms with Crippen molar-refractivity contribution in [1.82, 2.24) is 5.32 Å². The van der Waals surface area contributed by atoms with Crippen molar-refractivity contribution in [3.63, 3.8) is 0 Å². The van der Waals surface area contributed by atoms with Crippen molar-refractivity contribution < 1.29 is 39.8 Å². The molecule has 6 N–H and O–H groups in total. The molecule has 74 heavy (non-hydrogen) atoms. The summed E-state index contributed by atoms with van der Waals surface area (Å²) in [7, 11) is 0. The van der Waals surface area contributed by atoms with Gasteiger partial charge < -0.3 is 40.3 Å². The molecule has 0 bridgehead atoms. The maximum Gasteiger partial charge on any atom is 0.220 e. The second-order valence-corrected chi connectivity index (χ2v) is 21.5. The van der Waals surface area contributed by atoms with Gasteiger partial charge in [0.1, 0.15) is 24.4 Å². The molecular weight excluding hydrogens is 923 g/mol. The van der Waals surface area contributed by atoms with Crippen LogP contribution in [0.1, 0.15) is 277 Å². The Hall–Kier alpha value is -2.37. The van der Waals surface area contributed by atoms with Gasteiger partial charge in [-0.05, 0) is 83.5 Å². The van der Waals surface area contributed by atoms with Crippen LogP contribution in [0.4, 0.5) is 0 Å². The molecule has 7 atom stereocenters. The maximum atomic E-state index is 13.1. The van der Waals surface area contributed by atoms with Crippen LogP contribution in [0.3, 0.4) is 0 Å². The van der Waals surface area contributed by atoms with Crippen molar-refractivity contribution in [3.05, 3.63) is 72.9 Å². The van der Waals surface area contributed by atoms with Gasteiger partial charge in [0.05, 0.1) is 25.4 Å². The molecule has 9 nitrogen and oxygen atoms in total. The molecule has 1 aliphatic rings. The van der Waals surface area contributed by atoms with Crippen LogP contribution in [0.25, 0.3) is 0 Å². The molecule has 1 saturated heterocycles. The predicted molar refractivity (Wildman–Crippen MR) is 313 cm³/mol. The number of carbonyl (C=O) groups excluding carboxylic acids is 1. The Bertz CT molecular complexity index is 1390. The molecule has 0 aromatic heterocycles. The molecule has 1 rings (SSSR count). The van der Waals surface area contributed by atoms with Crippen molar-refractivity contribution in [3.8, 4) is 0 Å². The summed E-state index contributed by atoms with van der Waals surface area (Å²) in [5.41, 5.74) is 0. The number of hydrogen-bond acceptors (Lipinski definition) is 8. The summed E-state index contributed by atoms with van der Waals surface area (Å²) < 4.78 is 11.3. The van der Waals surface area contributed by atoms with Gasteiger partial charge in [0.2, 0.25) is 5.91 Å². The fourth-order valence-corrected chi connectivity index (χ4v) is 9.55. The summed E-state index contributed by atoms with van der Waals surface area (Å²) in [5.74, 6) is -0.190. The van der Waals surface area contributed by atoms with Crippen LogP contribution in [0, 0.1) is 0 Å². The molecule has 0 aliphatic carbocycles. The average Bonchev–Trinajstić information content (AvgIpc) is 3.40. The zero-order valence-corrected chi connectivity index (χ0v) is 47.8. The first-order chi connectivity index (χ1) is 36.3. The Labute approximate surface area is 455 Å². The summed E-state index contributed by atoms with van der Waals surface area (Å²) in [5, 5.41) is 54.6. The lowest BCUT2D eigenvalue weighted by Crippen LogP contribution is -2.60. The summed E-state index contributed by atoms with van der Waals surface area (Å²) >= 11 is 0. The van der Waals surface area contributed by atoms with Gasteiger partial charge in [-0.3, -0.25) is 4.79 Å². The van der Waals surface area contributed by atoms with Gasteiger partial charge in [-0.15, -0.1) is 0 Å². The molecule has 430 valence electrons. The van der Waals surface area contributed by atoms with Gasteiger partial charge in [-0.1, -0.05) is 260 Å². The Morgan fingerprint density at radius 3 is 1.23 bits per heavy atom. The van der Waals surface area contributed by atoms with E-state index in [1.54, 1.807) is 6.08 Å². The average molecular weight is 1040 g/mol. The molecular formula is C65H117NO8. The summed E-state index contributed by atoms with van der Waals surface area (Å²) in [4.78, 5) is 13.1. The van der Waals surface area contributed by atoms with Crippen molar-refractivity contribution in [2.75, 3.05) is 13.2 Å². The minimum Gasteiger partial charge on any atom is -0.394 e. The van der Waals surface area contributed by atoms with Crippen LogP contribution in [0.15, 0.2) is 72.9 Å². The van der Waals surface area contributed by atoms with E-state index in [0.29, 0.717) is 6.42 Å². The number of aliphatic hydroxyl groups is 5. The van der Waals surface area contributed by atoms with E-state index >= 15 is 0 Å². The third-order valence-electron chi connectivity index (χ3n) is 14.5. The second-order valence-electron chi connectivity index (χ2n) is 21.5. The minimum atomic E-state index is -1.58. The lowest BCUT2D eigenvalue weighted by molar-refractivity contribution is -0.302. The smallest absolute Gasteiger partial charge is 0.220 e. The summed E-state index contributed by atoms with van der Waals surface area (Å²) in [6.07, 6.45) is 68.4. The summed E-state index contributed by atoms with van der Waals surface area (Å²) in [6, 6.07) is -0.831. The van der Waals surface area contributed by atoms with Crippen LogP contribution in [-0.2, 0) is 14.3 Å².